The number of aromatic nitrogens is 2. The molecule has 8 heteroatoms. The molecular weight excluding hydrogens is 291 g/mol. The Morgan fingerprint density at radius 2 is 2.20 bits per heavy atom. The van der Waals surface area contributed by atoms with Crippen molar-refractivity contribution in [3.63, 3.8) is 0 Å². The summed E-state index contributed by atoms with van der Waals surface area (Å²) in [5.74, 6) is 0.561. The lowest BCUT2D eigenvalue weighted by molar-refractivity contribution is -0.0556. The smallest absolute Gasteiger partial charge is 0.382 e. The SMILES string of the molecule is CC1CCC(C(O)[SH]2C(C(F)(F)F)=Nc3cncn32)C1. The molecule has 1 saturated carbocycles. The summed E-state index contributed by atoms with van der Waals surface area (Å²) in [4.78, 5) is 7.46. The molecule has 0 aromatic carbocycles. The van der Waals surface area contributed by atoms with E-state index in [-0.39, 0.29) is 11.7 Å². The number of aliphatic hydroxyl groups excluding tert-OH is 1. The van der Waals surface area contributed by atoms with Crippen LogP contribution in [0.15, 0.2) is 17.5 Å². The molecule has 3 rings (SSSR count). The third-order valence-electron chi connectivity index (χ3n) is 3.93. The lowest BCUT2D eigenvalue weighted by Gasteiger charge is -2.30. The van der Waals surface area contributed by atoms with E-state index in [1.807, 2.05) is 0 Å². The second kappa shape index (κ2) is 4.77. The van der Waals surface area contributed by atoms with Crippen molar-refractivity contribution < 1.29 is 18.3 Å². The van der Waals surface area contributed by atoms with Crippen LogP contribution in [0.3, 0.4) is 0 Å². The average molecular weight is 307 g/mol. The van der Waals surface area contributed by atoms with Crippen LogP contribution in [-0.4, -0.2) is 30.7 Å². The molecule has 1 aromatic heterocycles. The molecule has 1 fully saturated rings. The first kappa shape index (κ1) is 13.9. The molecule has 1 aromatic rings. The molecule has 1 aliphatic heterocycles. The number of imidazole rings is 1. The molecule has 4 atom stereocenters. The molecule has 112 valence electrons. The summed E-state index contributed by atoms with van der Waals surface area (Å²) < 4.78 is 40.7. The molecule has 1 N–H and O–H groups in total. The van der Waals surface area contributed by atoms with Crippen LogP contribution in [-0.2, 0) is 0 Å². The molecule has 4 unspecified atom stereocenters. The van der Waals surface area contributed by atoms with Crippen LogP contribution >= 0.6 is 11.1 Å². The second-order valence-corrected chi connectivity index (χ2v) is 7.54. The molecule has 0 spiro atoms. The van der Waals surface area contributed by atoms with Gasteiger partial charge in [-0.2, -0.15) is 13.2 Å². The Morgan fingerprint density at radius 3 is 2.80 bits per heavy atom. The molecule has 0 amide bonds. The highest BCUT2D eigenvalue weighted by Gasteiger charge is 2.48. The summed E-state index contributed by atoms with van der Waals surface area (Å²) in [6.45, 7) is 2.07. The summed E-state index contributed by atoms with van der Waals surface area (Å²) in [6.07, 6.45) is 0.643. The third-order valence-corrected chi connectivity index (χ3v) is 6.41. The number of hydrogen-bond acceptors (Lipinski definition) is 3. The van der Waals surface area contributed by atoms with Crippen LogP contribution in [0.1, 0.15) is 26.2 Å². The molecule has 2 heterocycles. The molecule has 0 saturated heterocycles. The lowest BCUT2D eigenvalue weighted by Crippen LogP contribution is -2.31. The van der Waals surface area contributed by atoms with Gasteiger partial charge in [-0.25, -0.2) is 9.98 Å². The van der Waals surface area contributed by atoms with Gasteiger partial charge in [0.15, 0.2) is 10.9 Å². The van der Waals surface area contributed by atoms with E-state index in [1.54, 1.807) is 0 Å². The maximum absolute atomic E-state index is 13.1. The minimum absolute atomic E-state index is 0.0861. The number of rotatable bonds is 2. The topological polar surface area (TPSA) is 50.4 Å². The normalized spacial score (nSPS) is 33.0. The van der Waals surface area contributed by atoms with Crippen LogP contribution in [0, 0.1) is 11.8 Å². The van der Waals surface area contributed by atoms with E-state index >= 15 is 0 Å². The predicted octanol–water partition coefficient (Wildman–Crippen LogP) is 3.01. The van der Waals surface area contributed by atoms with Gasteiger partial charge in [-0.1, -0.05) is 24.4 Å². The van der Waals surface area contributed by atoms with Crippen molar-refractivity contribution in [3.8, 4) is 0 Å². The number of fused-ring (bicyclic) bond motifs is 1. The van der Waals surface area contributed by atoms with Crippen molar-refractivity contribution in [2.45, 2.75) is 37.8 Å². The number of alkyl halides is 3. The molecule has 4 nitrogen and oxygen atoms in total. The Kier molecular flexibility index (Phi) is 3.32. The fourth-order valence-corrected chi connectivity index (χ4v) is 5.29. The number of aliphatic hydroxyl groups is 1. The summed E-state index contributed by atoms with van der Waals surface area (Å²) in [6, 6.07) is 0. The van der Waals surface area contributed by atoms with Crippen molar-refractivity contribution in [3.05, 3.63) is 12.5 Å². The number of nitrogens with zero attached hydrogens (tertiary/aromatic N) is 3. The fraction of sp³-hybridized carbons (Fsp3) is 0.667. The van der Waals surface area contributed by atoms with E-state index in [0.29, 0.717) is 5.92 Å². The minimum Gasteiger partial charge on any atom is -0.382 e. The zero-order valence-electron chi connectivity index (χ0n) is 10.9. The highest BCUT2D eigenvalue weighted by Crippen LogP contribution is 2.53. The van der Waals surface area contributed by atoms with Crippen LogP contribution in [0.4, 0.5) is 19.0 Å². The largest absolute Gasteiger partial charge is 0.439 e. The Balaban J connectivity index is 1.92. The van der Waals surface area contributed by atoms with Crippen LogP contribution in [0.2, 0.25) is 0 Å². The van der Waals surface area contributed by atoms with E-state index in [2.05, 4.69) is 16.9 Å². The van der Waals surface area contributed by atoms with Crippen LogP contribution in [0.5, 0.6) is 0 Å². The minimum atomic E-state index is -4.50. The van der Waals surface area contributed by atoms with E-state index in [9.17, 15) is 18.3 Å². The van der Waals surface area contributed by atoms with E-state index in [4.69, 9.17) is 0 Å². The molecule has 0 bridgehead atoms. The van der Waals surface area contributed by atoms with E-state index in [1.165, 1.54) is 16.5 Å². The fourth-order valence-electron chi connectivity index (χ4n) is 2.96. The summed E-state index contributed by atoms with van der Waals surface area (Å²) in [5.41, 5.74) is -1.01. The summed E-state index contributed by atoms with van der Waals surface area (Å²) >= 11 is -1.93. The lowest BCUT2D eigenvalue weighted by atomic mass is 10.1. The van der Waals surface area contributed by atoms with Gasteiger partial charge < -0.3 is 5.11 Å². The van der Waals surface area contributed by atoms with Gasteiger partial charge in [-0.15, -0.1) is 0 Å². The number of halogens is 3. The molecule has 2 aliphatic rings. The Bertz CT molecular complexity index is 542. The monoisotopic (exact) mass is 307 g/mol. The van der Waals surface area contributed by atoms with Gasteiger partial charge >= 0.3 is 6.18 Å². The van der Waals surface area contributed by atoms with Crippen molar-refractivity contribution in [1.29, 1.82) is 0 Å². The predicted molar refractivity (Wildman–Crippen MR) is 72.3 cm³/mol. The third kappa shape index (κ3) is 2.24. The molecule has 20 heavy (non-hydrogen) atoms. The van der Waals surface area contributed by atoms with Crippen LogP contribution < -0.4 is 0 Å². The molecular formula is C12H16F3N3OS. The number of thiol groups is 1. The summed E-state index contributed by atoms with van der Waals surface area (Å²) in [5, 5.41) is 9.61. The first-order chi connectivity index (χ1) is 9.38. The highest BCUT2D eigenvalue weighted by molar-refractivity contribution is 8.29. The van der Waals surface area contributed by atoms with Gasteiger partial charge in [-0.05, 0) is 24.7 Å². The maximum Gasteiger partial charge on any atom is 0.439 e. The number of hydrogen-bond donors (Lipinski definition) is 2. The first-order valence-corrected chi connectivity index (χ1v) is 7.90. The number of aliphatic imine (C=N–C) groups is 1. The van der Waals surface area contributed by atoms with Crippen LogP contribution in [0.25, 0.3) is 0 Å². The average Bonchev–Trinajstić information content (AvgIpc) is 2.99. The Labute approximate surface area is 117 Å². The van der Waals surface area contributed by atoms with Crippen molar-refractivity contribution in [2.75, 3.05) is 0 Å². The zero-order chi connectivity index (χ0) is 14.5. The Hall–Kier alpha value is -1.02. The second-order valence-electron chi connectivity index (χ2n) is 5.47. The molecule has 1 aliphatic carbocycles. The van der Waals surface area contributed by atoms with Gasteiger partial charge in [0, 0.05) is 0 Å². The standard InChI is InChI=1S/C12H16F3N3OS/c1-7-2-3-8(4-7)10(19)20-11(12(13,14)15)17-9-5-16-6-18(9)20/h5-8,10,19-20H,2-4H2,1H3. The van der Waals surface area contributed by atoms with Gasteiger partial charge in [-0.3, -0.25) is 3.97 Å². The molecule has 0 radical (unpaired) electrons. The van der Waals surface area contributed by atoms with E-state index in [0.717, 1.165) is 19.3 Å². The zero-order valence-corrected chi connectivity index (χ0v) is 11.8. The van der Waals surface area contributed by atoms with Gasteiger partial charge in [0.1, 0.15) is 11.8 Å². The van der Waals surface area contributed by atoms with Gasteiger partial charge in [0.2, 0.25) is 0 Å². The quantitative estimate of drug-likeness (QED) is 0.825. The van der Waals surface area contributed by atoms with Crippen molar-refractivity contribution in [1.82, 2.24) is 8.96 Å². The maximum atomic E-state index is 13.1. The van der Waals surface area contributed by atoms with Crippen molar-refractivity contribution in [2.24, 2.45) is 16.8 Å². The summed E-state index contributed by atoms with van der Waals surface area (Å²) in [7, 11) is 0. The van der Waals surface area contributed by atoms with Gasteiger partial charge in [0.05, 0.1) is 6.20 Å². The Morgan fingerprint density at radius 1 is 1.45 bits per heavy atom. The highest BCUT2D eigenvalue weighted by atomic mass is 32.2. The van der Waals surface area contributed by atoms with E-state index < -0.39 is 27.7 Å². The first-order valence-electron chi connectivity index (χ1n) is 6.53. The van der Waals surface area contributed by atoms with Gasteiger partial charge in [0.25, 0.3) is 0 Å². The van der Waals surface area contributed by atoms with Crippen molar-refractivity contribution >= 4 is 21.9 Å².